The highest BCUT2D eigenvalue weighted by Crippen LogP contribution is 2.54. The third kappa shape index (κ3) is 8.11. The maximum Gasteiger partial charge on any atom is 0.372 e. The quantitative estimate of drug-likeness (QED) is 0.0768. The van der Waals surface area contributed by atoms with Gasteiger partial charge in [0.05, 0.1) is 0 Å². The molecule has 332 valence electrons. The Hall–Kier alpha value is -7.49. The van der Waals surface area contributed by atoms with Crippen molar-refractivity contribution in [3.8, 4) is 89.0 Å². The molecule has 0 aliphatic carbocycles. The third-order valence-electron chi connectivity index (χ3n) is 13.7. The summed E-state index contributed by atoms with van der Waals surface area (Å²) in [6, 6.07) is 91.6. The van der Waals surface area contributed by atoms with Gasteiger partial charge in [-0.2, -0.15) is 0 Å². The molecule has 0 nitrogen and oxygen atoms in total. The minimum atomic E-state index is -2.97. The van der Waals surface area contributed by atoms with Crippen LogP contribution in [0.15, 0.2) is 261 Å². The molecule has 0 heterocycles. The van der Waals surface area contributed by atoms with E-state index in [1.165, 1.54) is 93.5 Å². The number of hydrogen-bond donors (Lipinski definition) is 0. The molecule has 0 unspecified atom stereocenters. The largest absolute Gasteiger partial charge is 0.372 e. The second kappa shape index (κ2) is 18.4. The van der Waals surface area contributed by atoms with Crippen LogP contribution in [0, 0.1) is 0 Å². The molecule has 0 atom stereocenters. The SMILES string of the molecule is Cl[Si](Cl)(Cl)c1ccc(-c2ccc(-c3ccc4c(-c5ccccc5)c5c(-c6ccccc6)c6cc(-c7ccc(-c8ccccc8)cc7)ccc6c(-c6ccccc6)c5c(-c5ccccc5)c4c3)cc2)cc1. The summed E-state index contributed by atoms with van der Waals surface area (Å²) in [4.78, 5) is 0. The first kappa shape index (κ1) is 43.8. The van der Waals surface area contributed by atoms with Gasteiger partial charge in [-0.1, -0.05) is 249 Å². The monoisotopic (exact) mass is 968 g/mol. The van der Waals surface area contributed by atoms with Gasteiger partial charge in [-0.15, -0.1) is 33.2 Å². The molecule has 0 fully saturated rings. The molecule has 12 rings (SSSR count). The zero-order chi connectivity index (χ0) is 47.2. The second-order valence-corrected chi connectivity index (χ2v) is 26.2. The molecule has 0 aromatic heterocycles. The minimum Gasteiger partial charge on any atom is -0.121 e. The lowest BCUT2D eigenvalue weighted by molar-refractivity contribution is 1.59. The molecule has 0 spiro atoms. The van der Waals surface area contributed by atoms with Crippen LogP contribution in [0.1, 0.15) is 0 Å². The van der Waals surface area contributed by atoms with Crippen LogP contribution in [-0.4, -0.2) is 6.00 Å². The van der Waals surface area contributed by atoms with E-state index in [1.807, 2.05) is 24.3 Å². The van der Waals surface area contributed by atoms with Crippen molar-refractivity contribution in [1.82, 2.24) is 0 Å². The van der Waals surface area contributed by atoms with Gasteiger partial charge in [0, 0.05) is 0 Å². The van der Waals surface area contributed by atoms with Gasteiger partial charge in [0.15, 0.2) is 0 Å². The molecule has 12 aromatic carbocycles. The van der Waals surface area contributed by atoms with Gasteiger partial charge < -0.3 is 0 Å². The topological polar surface area (TPSA) is 0 Å². The van der Waals surface area contributed by atoms with Gasteiger partial charge in [-0.05, 0) is 139 Å². The molecule has 70 heavy (non-hydrogen) atoms. The Kier molecular flexibility index (Phi) is 11.5. The molecule has 0 amide bonds. The van der Waals surface area contributed by atoms with Crippen LogP contribution < -0.4 is 5.19 Å². The van der Waals surface area contributed by atoms with Crippen LogP contribution in [0.5, 0.6) is 0 Å². The molecule has 0 saturated carbocycles. The van der Waals surface area contributed by atoms with Crippen molar-refractivity contribution in [3.63, 3.8) is 0 Å². The predicted octanol–water partition coefficient (Wildman–Crippen LogP) is 19.3. The highest BCUT2D eigenvalue weighted by Gasteiger charge is 2.28. The zero-order valence-corrected chi connectivity index (χ0v) is 41.2. The Bertz CT molecular complexity index is 3840. The lowest BCUT2D eigenvalue weighted by atomic mass is 9.77. The van der Waals surface area contributed by atoms with Crippen LogP contribution in [-0.2, 0) is 0 Å². The fraction of sp³-hybridized carbons (Fsp3) is 0. The first-order chi connectivity index (χ1) is 34.4. The summed E-state index contributed by atoms with van der Waals surface area (Å²) in [5.41, 5.74) is 18.7. The Labute approximate surface area is 423 Å². The van der Waals surface area contributed by atoms with Crippen molar-refractivity contribution in [2.75, 3.05) is 0 Å². The van der Waals surface area contributed by atoms with E-state index in [-0.39, 0.29) is 0 Å². The molecule has 4 heteroatoms. The van der Waals surface area contributed by atoms with Gasteiger partial charge in [0.25, 0.3) is 0 Å². The van der Waals surface area contributed by atoms with Crippen LogP contribution in [0.25, 0.3) is 121 Å². The fourth-order valence-electron chi connectivity index (χ4n) is 10.4. The van der Waals surface area contributed by atoms with Gasteiger partial charge in [-0.25, -0.2) is 0 Å². The van der Waals surface area contributed by atoms with Crippen LogP contribution in [0.3, 0.4) is 0 Å². The first-order valence-corrected chi connectivity index (χ1v) is 28.6. The number of hydrogen-bond acceptors (Lipinski definition) is 0. The molecule has 0 saturated heterocycles. The second-order valence-electron chi connectivity index (χ2n) is 17.8. The number of rotatable bonds is 9. The number of fused-ring (bicyclic) bond motifs is 3. The Morgan fingerprint density at radius 1 is 0.200 bits per heavy atom. The maximum atomic E-state index is 6.33. The van der Waals surface area contributed by atoms with E-state index in [1.54, 1.807) is 0 Å². The predicted molar refractivity (Wildman–Crippen MR) is 305 cm³/mol. The summed E-state index contributed by atoms with van der Waals surface area (Å²) >= 11 is 19.0. The Morgan fingerprint density at radius 3 is 0.729 bits per heavy atom. The molecular weight excluding hydrogens is 927 g/mol. The highest BCUT2D eigenvalue weighted by atomic mass is 35.8. The highest BCUT2D eigenvalue weighted by molar-refractivity contribution is 7.69. The average Bonchev–Trinajstić information content (AvgIpc) is 3.43. The lowest BCUT2D eigenvalue weighted by Crippen LogP contribution is -2.29. The van der Waals surface area contributed by atoms with E-state index in [2.05, 4.69) is 237 Å². The van der Waals surface area contributed by atoms with E-state index in [0.717, 1.165) is 33.0 Å². The summed E-state index contributed by atoms with van der Waals surface area (Å²) < 4.78 is 0. The lowest BCUT2D eigenvalue weighted by Gasteiger charge is -2.26. The number of benzene rings is 12. The zero-order valence-electron chi connectivity index (χ0n) is 38.0. The molecule has 0 radical (unpaired) electrons. The van der Waals surface area contributed by atoms with Crippen molar-refractivity contribution in [1.29, 1.82) is 0 Å². The Morgan fingerprint density at radius 2 is 0.429 bits per heavy atom. The summed E-state index contributed by atoms with van der Waals surface area (Å²) in [5, 5.41) is 8.03. The molecule has 0 bridgehead atoms. The molecular formula is C66H43Cl3Si. The van der Waals surface area contributed by atoms with Crippen molar-refractivity contribution >= 4 is 76.7 Å². The third-order valence-corrected chi connectivity index (χ3v) is 16.7. The standard InChI is InChI=1S/C66H43Cl3Si/c67-70(68,69)56-38-34-47(35-39-56)46-28-32-49(33-29-46)55-37-41-58-60(43-55)64(53-24-14-5-15-25-53)66-61(50-18-8-2-9-19-50)57-40-36-54(48-30-26-45(27-31-48)44-16-6-1-7-17-44)42-59(57)63(52-22-12-4-13-23-52)65(66)62(58)51-20-10-3-11-21-51/h1-43H. The van der Waals surface area contributed by atoms with Crippen molar-refractivity contribution in [2.24, 2.45) is 0 Å². The van der Waals surface area contributed by atoms with E-state index in [9.17, 15) is 0 Å². The minimum absolute atomic E-state index is 0.778. The summed E-state index contributed by atoms with van der Waals surface area (Å²) in [6.07, 6.45) is 0. The average molecular weight is 971 g/mol. The molecule has 0 aliphatic heterocycles. The van der Waals surface area contributed by atoms with Gasteiger partial charge in [-0.3, -0.25) is 0 Å². The maximum absolute atomic E-state index is 6.33. The van der Waals surface area contributed by atoms with Crippen LogP contribution in [0.4, 0.5) is 0 Å². The fourth-order valence-corrected chi connectivity index (χ4v) is 12.1. The van der Waals surface area contributed by atoms with Crippen molar-refractivity contribution in [3.05, 3.63) is 261 Å². The van der Waals surface area contributed by atoms with E-state index in [4.69, 9.17) is 33.2 Å². The van der Waals surface area contributed by atoms with E-state index in [0.29, 0.717) is 0 Å². The van der Waals surface area contributed by atoms with Crippen LogP contribution in [0.2, 0.25) is 0 Å². The smallest absolute Gasteiger partial charge is 0.121 e. The summed E-state index contributed by atoms with van der Waals surface area (Å²) in [6.45, 7) is 0. The number of halogens is 3. The molecule has 0 aliphatic rings. The van der Waals surface area contributed by atoms with Crippen LogP contribution >= 0.6 is 33.2 Å². The van der Waals surface area contributed by atoms with Crippen molar-refractivity contribution < 1.29 is 0 Å². The normalized spacial score (nSPS) is 11.6. The Balaban J connectivity index is 1.18. The molecule has 0 N–H and O–H groups in total. The van der Waals surface area contributed by atoms with Gasteiger partial charge in [0.2, 0.25) is 0 Å². The summed E-state index contributed by atoms with van der Waals surface area (Å²) in [5.74, 6) is 0. The van der Waals surface area contributed by atoms with E-state index >= 15 is 0 Å². The summed E-state index contributed by atoms with van der Waals surface area (Å²) in [7, 11) is 0. The molecule has 12 aromatic rings. The van der Waals surface area contributed by atoms with Gasteiger partial charge in [0.1, 0.15) is 0 Å². The van der Waals surface area contributed by atoms with Crippen molar-refractivity contribution in [2.45, 2.75) is 0 Å². The van der Waals surface area contributed by atoms with Gasteiger partial charge >= 0.3 is 6.00 Å². The van der Waals surface area contributed by atoms with E-state index < -0.39 is 6.00 Å². The first-order valence-electron chi connectivity index (χ1n) is 23.6.